The lowest BCUT2D eigenvalue weighted by Gasteiger charge is -2.13. The molecule has 1 atom stereocenters. The minimum atomic E-state index is -0.695. The SMILES string of the molecule is CC(NC(=O)OCc1ccccc1)C(=O)c1cncc(Br)c1. The molecule has 0 aliphatic carbocycles. The van der Waals surface area contributed by atoms with Gasteiger partial charge in [-0.25, -0.2) is 4.79 Å². The summed E-state index contributed by atoms with van der Waals surface area (Å²) in [5.41, 5.74) is 1.30. The Morgan fingerprint density at radius 2 is 2.00 bits per heavy atom. The number of halogens is 1. The summed E-state index contributed by atoms with van der Waals surface area (Å²) >= 11 is 3.25. The number of aromatic nitrogens is 1. The van der Waals surface area contributed by atoms with E-state index in [0.29, 0.717) is 10.0 Å². The topological polar surface area (TPSA) is 68.3 Å². The Balaban J connectivity index is 1.87. The van der Waals surface area contributed by atoms with Gasteiger partial charge in [0.1, 0.15) is 6.61 Å². The molecule has 0 aliphatic rings. The fourth-order valence-electron chi connectivity index (χ4n) is 1.80. The van der Waals surface area contributed by atoms with Crippen molar-refractivity contribution in [3.8, 4) is 0 Å². The van der Waals surface area contributed by atoms with Crippen molar-refractivity contribution in [1.29, 1.82) is 0 Å². The quantitative estimate of drug-likeness (QED) is 0.828. The van der Waals surface area contributed by atoms with Gasteiger partial charge in [0.2, 0.25) is 0 Å². The first kappa shape index (κ1) is 16.2. The molecule has 5 nitrogen and oxygen atoms in total. The van der Waals surface area contributed by atoms with Crippen LogP contribution in [0.15, 0.2) is 53.3 Å². The van der Waals surface area contributed by atoms with Gasteiger partial charge in [-0.1, -0.05) is 30.3 Å². The van der Waals surface area contributed by atoms with Crippen molar-refractivity contribution >= 4 is 27.8 Å². The third-order valence-corrected chi connectivity index (χ3v) is 3.36. The van der Waals surface area contributed by atoms with Crippen LogP contribution in [0.25, 0.3) is 0 Å². The molecule has 0 radical (unpaired) electrons. The van der Waals surface area contributed by atoms with Gasteiger partial charge >= 0.3 is 6.09 Å². The molecular formula is C16H15BrN2O3. The molecule has 1 N–H and O–H groups in total. The number of nitrogens with zero attached hydrogens (tertiary/aromatic N) is 1. The molecule has 1 amide bonds. The monoisotopic (exact) mass is 362 g/mol. The number of rotatable bonds is 5. The van der Waals surface area contributed by atoms with Crippen LogP contribution in [0, 0.1) is 0 Å². The van der Waals surface area contributed by atoms with Crippen LogP contribution < -0.4 is 5.32 Å². The highest BCUT2D eigenvalue weighted by Gasteiger charge is 2.18. The molecule has 0 saturated heterocycles. The molecule has 0 fully saturated rings. The van der Waals surface area contributed by atoms with Crippen LogP contribution in [0.1, 0.15) is 22.8 Å². The highest BCUT2D eigenvalue weighted by atomic mass is 79.9. The summed E-state index contributed by atoms with van der Waals surface area (Å²) < 4.78 is 5.79. The normalized spacial score (nSPS) is 11.5. The number of pyridine rings is 1. The molecule has 2 rings (SSSR count). The fraction of sp³-hybridized carbons (Fsp3) is 0.188. The predicted octanol–water partition coefficient (Wildman–Crippen LogP) is 3.34. The van der Waals surface area contributed by atoms with Gasteiger partial charge in [0.25, 0.3) is 0 Å². The van der Waals surface area contributed by atoms with Crippen LogP contribution in [0.4, 0.5) is 4.79 Å². The summed E-state index contributed by atoms with van der Waals surface area (Å²) in [5, 5.41) is 2.51. The Hall–Kier alpha value is -2.21. The van der Waals surface area contributed by atoms with Crippen LogP contribution in [-0.2, 0) is 11.3 Å². The Labute approximate surface area is 136 Å². The van der Waals surface area contributed by atoms with Gasteiger partial charge in [-0.3, -0.25) is 9.78 Å². The number of hydrogen-bond donors (Lipinski definition) is 1. The van der Waals surface area contributed by atoms with Gasteiger partial charge in [0.15, 0.2) is 5.78 Å². The molecule has 0 saturated carbocycles. The average molecular weight is 363 g/mol. The summed E-state index contributed by atoms with van der Waals surface area (Å²) in [6.07, 6.45) is 2.41. The third kappa shape index (κ3) is 4.66. The Morgan fingerprint density at radius 3 is 2.68 bits per heavy atom. The Morgan fingerprint density at radius 1 is 1.27 bits per heavy atom. The van der Waals surface area contributed by atoms with Crippen molar-refractivity contribution in [2.24, 2.45) is 0 Å². The van der Waals surface area contributed by atoms with Crippen molar-refractivity contribution in [3.05, 3.63) is 64.4 Å². The van der Waals surface area contributed by atoms with E-state index in [1.165, 1.54) is 6.20 Å². The van der Waals surface area contributed by atoms with E-state index in [1.54, 1.807) is 19.2 Å². The van der Waals surface area contributed by atoms with E-state index in [-0.39, 0.29) is 12.4 Å². The van der Waals surface area contributed by atoms with Crippen molar-refractivity contribution in [2.45, 2.75) is 19.6 Å². The Bertz CT molecular complexity index is 661. The second kappa shape index (κ2) is 7.70. The molecule has 0 aliphatic heterocycles. The van der Waals surface area contributed by atoms with Crippen molar-refractivity contribution < 1.29 is 14.3 Å². The minimum Gasteiger partial charge on any atom is -0.445 e. The summed E-state index contributed by atoms with van der Waals surface area (Å²) in [6, 6.07) is 10.3. The van der Waals surface area contributed by atoms with Gasteiger partial charge in [0.05, 0.1) is 6.04 Å². The second-order valence-corrected chi connectivity index (χ2v) is 5.60. The van der Waals surface area contributed by atoms with Gasteiger partial charge in [0, 0.05) is 22.4 Å². The van der Waals surface area contributed by atoms with Crippen molar-refractivity contribution in [3.63, 3.8) is 0 Å². The third-order valence-electron chi connectivity index (χ3n) is 2.93. The predicted molar refractivity (Wildman–Crippen MR) is 85.5 cm³/mol. The average Bonchev–Trinajstić information content (AvgIpc) is 2.53. The number of hydrogen-bond acceptors (Lipinski definition) is 4. The van der Waals surface area contributed by atoms with Crippen LogP contribution in [0.2, 0.25) is 0 Å². The zero-order valence-electron chi connectivity index (χ0n) is 12.0. The molecule has 1 aromatic heterocycles. The maximum absolute atomic E-state index is 12.2. The fourth-order valence-corrected chi connectivity index (χ4v) is 2.17. The van der Waals surface area contributed by atoms with E-state index in [9.17, 15) is 9.59 Å². The summed E-state index contributed by atoms with van der Waals surface area (Å²) in [4.78, 5) is 27.8. The smallest absolute Gasteiger partial charge is 0.408 e. The molecule has 1 unspecified atom stereocenters. The zero-order valence-corrected chi connectivity index (χ0v) is 13.5. The number of carbonyl (C=O) groups excluding carboxylic acids is 2. The summed E-state index contributed by atoms with van der Waals surface area (Å²) in [5.74, 6) is -0.231. The van der Waals surface area contributed by atoms with E-state index >= 15 is 0 Å². The van der Waals surface area contributed by atoms with Crippen molar-refractivity contribution in [2.75, 3.05) is 0 Å². The minimum absolute atomic E-state index is 0.159. The van der Waals surface area contributed by atoms with Crippen LogP contribution in [0.5, 0.6) is 0 Å². The van der Waals surface area contributed by atoms with Gasteiger partial charge in [-0.2, -0.15) is 0 Å². The van der Waals surface area contributed by atoms with E-state index in [0.717, 1.165) is 5.56 Å². The van der Waals surface area contributed by atoms with E-state index in [2.05, 4.69) is 26.2 Å². The molecule has 1 aromatic carbocycles. The largest absolute Gasteiger partial charge is 0.445 e. The standard InChI is InChI=1S/C16H15BrN2O3/c1-11(15(20)13-7-14(17)9-18-8-13)19-16(21)22-10-12-5-3-2-4-6-12/h2-9,11H,10H2,1H3,(H,19,21). The van der Waals surface area contributed by atoms with E-state index in [1.807, 2.05) is 30.3 Å². The number of ketones is 1. The molecule has 6 heteroatoms. The highest BCUT2D eigenvalue weighted by Crippen LogP contribution is 2.11. The maximum Gasteiger partial charge on any atom is 0.408 e. The number of carbonyl (C=O) groups is 2. The van der Waals surface area contributed by atoms with Crippen LogP contribution >= 0.6 is 15.9 Å². The second-order valence-electron chi connectivity index (χ2n) is 4.68. The molecule has 0 bridgehead atoms. The van der Waals surface area contributed by atoms with Crippen molar-refractivity contribution in [1.82, 2.24) is 10.3 Å². The lowest BCUT2D eigenvalue weighted by Crippen LogP contribution is -2.38. The number of benzene rings is 1. The number of amides is 1. The first-order valence-corrected chi connectivity index (χ1v) is 7.47. The number of alkyl carbamates (subject to hydrolysis) is 1. The maximum atomic E-state index is 12.2. The summed E-state index contributed by atoms with van der Waals surface area (Å²) in [6.45, 7) is 1.76. The van der Waals surface area contributed by atoms with E-state index < -0.39 is 12.1 Å². The summed E-state index contributed by atoms with van der Waals surface area (Å²) in [7, 11) is 0. The molecule has 114 valence electrons. The lowest BCUT2D eigenvalue weighted by molar-refractivity contribution is 0.0926. The van der Waals surface area contributed by atoms with Crippen LogP contribution in [-0.4, -0.2) is 22.9 Å². The first-order valence-electron chi connectivity index (χ1n) is 6.68. The molecular weight excluding hydrogens is 348 g/mol. The number of nitrogens with one attached hydrogen (secondary N) is 1. The van der Waals surface area contributed by atoms with Crippen LogP contribution in [0.3, 0.4) is 0 Å². The molecule has 0 spiro atoms. The highest BCUT2D eigenvalue weighted by molar-refractivity contribution is 9.10. The molecule has 1 heterocycles. The Kier molecular flexibility index (Phi) is 5.66. The number of Topliss-reactive ketones (excluding diaryl/α,β-unsaturated/α-hetero) is 1. The van der Waals surface area contributed by atoms with E-state index in [4.69, 9.17) is 4.74 Å². The first-order chi connectivity index (χ1) is 10.6. The molecule has 2 aromatic rings. The van der Waals surface area contributed by atoms with Gasteiger partial charge in [-0.15, -0.1) is 0 Å². The number of ether oxygens (including phenoxy) is 1. The zero-order chi connectivity index (χ0) is 15.9. The van der Waals surface area contributed by atoms with Gasteiger partial charge in [-0.05, 0) is 34.5 Å². The molecule has 22 heavy (non-hydrogen) atoms. The van der Waals surface area contributed by atoms with Gasteiger partial charge < -0.3 is 10.1 Å². The lowest BCUT2D eigenvalue weighted by atomic mass is 10.1.